The molecule has 0 aromatic heterocycles. The number of aryl methyl sites for hydroxylation is 1. The first kappa shape index (κ1) is 22.1. The first-order valence-corrected chi connectivity index (χ1v) is 10.3. The van der Waals surface area contributed by atoms with Crippen molar-refractivity contribution in [3.8, 4) is 11.1 Å². The van der Waals surface area contributed by atoms with Crippen LogP contribution in [0.5, 0.6) is 0 Å². The van der Waals surface area contributed by atoms with Crippen molar-refractivity contribution in [2.24, 2.45) is 5.92 Å². The summed E-state index contributed by atoms with van der Waals surface area (Å²) >= 11 is 0. The van der Waals surface area contributed by atoms with Crippen LogP contribution in [-0.2, 0) is 11.2 Å². The molecule has 0 unspecified atom stereocenters. The molecule has 0 bridgehead atoms. The number of likely N-dealkylation sites (N-methyl/N-ethyl adjacent to an activating group) is 1. The van der Waals surface area contributed by atoms with Crippen molar-refractivity contribution in [3.05, 3.63) is 95.6 Å². The molecule has 3 nitrogen and oxygen atoms in total. The average Bonchev–Trinajstić information content (AvgIpc) is 2.74. The summed E-state index contributed by atoms with van der Waals surface area (Å²) in [7, 11) is 1.91. The van der Waals surface area contributed by atoms with Crippen LogP contribution in [0, 0.1) is 5.92 Å². The lowest BCUT2D eigenvalue weighted by Gasteiger charge is -2.36. The molecule has 1 aliphatic rings. The van der Waals surface area contributed by atoms with E-state index >= 15 is 0 Å². The number of nitrogens with zero attached hydrogens (tertiary/aromatic N) is 1. The molecular weight excluding hydrogens is 394 g/mol. The van der Waals surface area contributed by atoms with Gasteiger partial charge in [-0.2, -0.15) is 0 Å². The van der Waals surface area contributed by atoms with Gasteiger partial charge in [0.1, 0.15) is 0 Å². The second kappa shape index (κ2) is 9.92. The van der Waals surface area contributed by atoms with E-state index in [0.717, 1.165) is 19.4 Å². The van der Waals surface area contributed by atoms with Gasteiger partial charge in [-0.05, 0) is 53.6 Å². The van der Waals surface area contributed by atoms with Gasteiger partial charge in [-0.25, -0.2) is 0 Å². The average molecular weight is 422 g/mol. The third-order valence-electron chi connectivity index (χ3n) is 5.95. The summed E-state index contributed by atoms with van der Waals surface area (Å²) < 4.78 is 0. The Kier molecular flexibility index (Phi) is 7.30. The van der Waals surface area contributed by atoms with Gasteiger partial charge in [-0.1, -0.05) is 78.9 Å². The van der Waals surface area contributed by atoms with Crippen LogP contribution in [0.3, 0.4) is 0 Å². The molecule has 0 radical (unpaired) electrons. The van der Waals surface area contributed by atoms with Crippen LogP contribution in [0.1, 0.15) is 29.0 Å². The Morgan fingerprint density at radius 3 is 2.30 bits per heavy atom. The molecule has 156 valence electrons. The summed E-state index contributed by atoms with van der Waals surface area (Å²) in [5, 5.41) is 9.15. The number of fused-ring (bicyclic) bond motifs is 1. The number of aliphatic carboxylic acids is 1. The molecule has 4 rings (SSSR count). The van der Waals surface area contributed by atoms with Crippen LogP contribution in [0.2, 0.25) is 0 Å². The van der Waals surface area contributed by atoms with Crippen molar-refractivity contribution >= 4 is 18.4 Å². The number of hydrogen-bond acceptors (Lipinski definition) is 2. The van der Waals surface area contributed by atoms with Gasteiger partial charge in [0.15, 0.2) is 0 Å². The molecule has 0 fully saturated rings. The minimum absolute atomic E-state index is 0. The van der Waals surface area contributed by atoms with Gasteiger partial charge in [-0.15, -0.1) is 12.4 Å². The van der Waals surface area contributed by atoms with Crippen molar-refractivity contribution in [2.75, 3.05) is 20.1 Å². The van der Waals surface area contributed by atoms with Gasteiger partial charge in [0.25, 0.3) is 0 Å². The Morgan fingerprint density at radius 1 is 0.967 bits per heavy atom. The number of carboxylic acid groups (broad SMARTS) is 1. The van der Waals surface area contributed by atoms with Crippen molar-refractivity contribution < 1.29 is 9.90 Å². The van der Waals surface area contributed by atoms with E-state index in [9.17, 15) is 4.79 Å². The summed E-state index contributed by atoms with van der Waals surface area (Å²) in [6.07, 6.45) is 2.10. The Balaban J connectivity index is 0.00000256. The second-order valence-corrected chi connectivity index (χ2v) is 8.06. The predicted molar refractivity (Wildman–Crippen MR) is 124 cm³/mol. The molecule has 0 spiro atoms. The minimum Gasteiger partial charge on any atom is -0.480 e. The highest BCUT2D eigenvalue weighted by Crippen LogP contribution is 2.42. The molecule has 3 aromatic carbocycles. The number of carboxylic acids is 1. The smallest absolute Gasteiger partial charge is 0.317 e. The first-order chi connectivity index (χ1) is 14.1. The Hall–Kier alpha value is -2.62. The third kappa shape index (κ3) is 4.92. The number of benzene rings is 3. The van der Waals surface area contributed by atoms with E-state index in [1.165, 1.54) is 27.8 Å². The van der Waals surface area contributed by atoms with E-state index in [0.29, 0.717) is 11.8 Å². The van der Waals surface area contributed by atoms with Crippen molar-refractivity contribution in [2.45, 2.75) is 18.8 Å². The molecular formula is C26H28ClNO2. The van der Waals surface area contributed by atoms with Crippen molar-refractivity contribution in [3.63, 3.8) is 0 Å². The Bertz CT molecular complexity index is 975. The lowest BCUT2D eigenvalue weighted by Crippen LogP contribution is -2.35. The zero-order valence-corrected chi connectivity index (χ0v) is 18.0. The van der Waals surface area contributed by atoms with E-state index in [1.807, 2.05) is 18.0 Å². The molecule has 0 amide bonds. The SMILES string of the molecule is CN(CC(=O)O)C[C@H]1CCc2cc(-c3ccccc3)ccc2[C@H]1c1ccccc1.Cl. The fourth-order valence-corrected chi connectivity index (χ4v) is 4.70. The maximum Gasteiger partial charge on any atom is 0.317 e. The number of hydrogen-bond donors (Lipinski definition) is 1. The number of halogens is 1. The maximum atomic E-state index is 11.1. The molecule has 2 atom stereocenters. The highest BCUT2D eigenvalue weighted by molar-refractivity contribution is 5.85. The molecule has 4 heteroatoms. The lowest BCUT2D eigenvalue weighted by atomic mass is 9.71. The van der Waals surface area contributed by atoms with Crippen LogP contribution in [0.15, 0.2) is 78.9 Å². The van der Waals surface area contributed by atoms with Gasteiger partial charge in [-0.3, -0.25) is 9.69 Å². The zero-order chi connectivity index (χ0) is 20.2. The molecule has 1 N–H and O–H groups in total. The Morgan fingerprint density at radius 2 is 1.63 bits per heavy atom. The van der Waals surface area contributed by atoms with E-state index in [2.05, 4.69) is 72.8 Å². The first-order valence-electron chi connectivity index (χ1n) is 10.3. The van der Waals surface area contributed by atoms with Crippen LogP contribution >= 0.6 is 12.4 Å². The largest absolute Gasteiger partial charge is 0.480 e. The highest BCUT2D eigenvalue weighted by Gasteiger charge is 2.31. The van der Waals surface area contributed by atoms with Gasteiger partial charge < -0.3 is 5.11 Å². The van der Waals surface area contributed by atoms with E-state index < -0.39 is 5.97 Å². The third-order valence-corrected chi connectivity index (χ3v) is 5.95. The zero-order valence-electron chi connectivity index (χ0n) is 17.2. The van der Waals surface area contributed by atoms with E-state index in [-0.39, 0.29) is 19.0 Å². The molecule has 3 aromatic rings. The van der Waals surface area contributed by atoms with Crippen LogP contribution in [-0.4, -0.2) is 36.1 Å². The normalized spacial score (nSPS) is 17.8. The molecule has 0 saturated carbocycles. The highest BCUT2D eigenvalue weighted by atomic mass is 35.5. The van der Waals surface area contributed by atoms with Crippen molar-refractivity contribution in [1.82, 2.24) is 4.90 Å². The molecule has 1 aliphatic carbocycles. The molecule has 0 saturated heterocycles. The predicted octanol–water partition coefficient (Wildman–Crippen LogP) is 5.49. The van der Waals surface area contributed by atoms with Crippen molar-refractivity contribution in [1.29, 1.82) is 0 Å². The van der Waals surface area contributed by atoms with Crippen LogP contribution in [0.25, 0.3) is 11.1 Å². The quantitative estimate of drug-likeness (QED) is 0.572. The van der Waals surface area contributed by atoms with E-state index in [4.69, 9.17) is 5.11 Å². The van der Waals surface area contributed by atoms with Crippen LogP contribution in [0.4, 0.5) is 0 Å². The van der Waals surface area contributed by atoms with Gasteiger partial charge in [0, 0.05) is 12.5 Å². The monoisotopic (exact) mass is 421 g/mol. The fourth-order valence-electron chi connectivity index (χ4n) is 4.70. The lowest BCUT2D eigenvalue weighted by molar-refractivity contribution is -0.138. The molecule has 0 heterocycles. The fraction of sp³-hybridized carbons (Fsp3) is 0.269. The minimum atomic E-state index is -0.771. The van der Waals surface area contributed by atoms with Gasteiger partial charge in [0.2, 0.25) is 0 Å². The maximum absolute atomic E-state index is 11.1. The Labute approximate surface area is 184 Å². The molecule has 30 heavy (non-hydrogen) atoms. The van der Waals surface area contributed by atoms with E-state index in [1.54, 1.807) is 0 Å². The summed E-state index contributed by atoms with van der Waals surface area (Å²) in [5.41, 5.74) is 6.62. The summed E-state index contributed by atoms with van der Waals surface area (Å²) in [4.78, 5) is 13.1. The van der Waals surface area contributed by atoms with Gasteiger partial charge >= 0.3 is 5.97 Å². The van der Waals surface area contributed by atoms with Crippen LogP contribution < -0.4 is 0 Å². The molecule has 0 aliphatic heterocycles. The number of rotatable bonds is 6. The summed E-state index contributed by atoms with van der Waals surface area (Å²) in [5.74, 6) is -0.0784. The number of carbonyl (C=O) groups is 1. The van der Waals surface area contributed by atoms with Gasteiger partial charge in [0.05, 0.1) is 6.54 Å². The summed E-state index contributed by atoms with van der Waals surface area (Å²) in [6, 6.07) is 28.0. The second-order valence-electron chi connectivity index (χ2n) is 8.06. The standard InChI is InChI=1S/C26H27NO2.ClH/c1-27(18-25(28)29)17-23-13-12-22-16-21(19-8-4-2-5-9-19)14-15-24(22)26(23)20-10-6-3-7-11-20;/h2-11,14-16,23,26H,12-13,17-18H2,1H3,(H,28,29);1H/t23-,26+;/m1./s1. The summed E-state index contributed by atoms with van der Waals surface area (Å²) in [6.45, 7) is 0.865. The topological polar surface area (TPSA) is 40.5 Å².